The molecule has 1 aliphatic rings. The molecule has 2 heteroatoms. The van der Waals surface area contributed by atoms with Gasteiger partial charge in [0.1, 0.15) is 0 Å². The average Bonchev–Trinajstić information content (AvgIpc) is 2.88. The summed E-state index contributed by atoms with van der Waals surface area (Å²) in [4.78, 5) is 1.50. The Morgan fingerprint density at radius 3 is 2.81 bits per heavy atom. The zero-order chi connectivity index (χ0) is 11.4. The molecule has 90 valence electrons. The van der Waals surface area contributed by atoms with Crippen LogP contribution in [-0.2, 0) is 6.42 Å². The molecule has 1 aliphatic carbocycles. The summed E-state index contributed by atoms with van der Waals surface area (Å²) in [5.74, 6) is 0. The van der Waals surface area contributed by atoms with Crippen LogP contribution in [0.25, 0.3) is 0 Å². The molecule has 0 radical (unpaired) electrons. The minimum absolute atomic E-state index is 0.573. The maximum atomic E-state index is 3.71. The molecular weight excluding hydrogens is 214 g/mol. The van der Waals surface area contributed by atoms with Crippen molar-refractivity contribution in [3.8, 4) is 0 Å². The van der Waals surface area contributed by atoms with E-state index in [1.807, 2.05) is 11.3 Å². The van der Waals surface area contributed by atoms with Crippen molar-refractivity contribution < 1.29 is 0 Å². The lowest BCUT2D eigenvalue weighted by atomic mass is 9.88. The Labute approximate surface area is 103 Å². The molecule has 1 fully saturated rings. The largest absolute Gasteiger partial charge is 0.313 e. The van der Waals surface area contributed by atoms with Gasteiger partial charge in [-0.3, -0.25) is 0 Å². The molecule has 1 heterocycles. The van der Waals surface area contributed by atoms with Crippen molar-refractivity contribution in [2.75, 3.05) is 6.54 Å². The maximum absolute atomic E-state index is 3.71. The van der Waals surface area contributed by atoms with Gasteiger partial charge < -0.3 is 5.32 Å². The molecule has 0 aromatic carbocycles. The minimum atomic E-state index is 0.573. The van der Waals surface area contributed by atoms with Crippen LogP contribution in [0.5, 0.6) is 0 Å². The highest BCUT2D eigenvalue weighted by molar-refractivity contribution is 7.09. The van der Waals surface area contributed by atoms with Crippen LogP contribution in [0, 0.1) is 5.41 Å². The Balaban J connectivity index is 1.73. The fourth-order valence-electron chi connectivity index (χ4n) is 2.63. The smallest absolute Gasteiger partial charge is 0.00872 e. The van der Waals surface area contributed by atoms with Crippen LogP contribution in [-0.4, -0.2) is 12.6 Å². The normalized spacial score (nSPS) is 21.1. The van der Waals surface area contributed by atoms with E-state index >= 15 is 0 Å². The van der Waals surface area contributed by atoms with E-state index in [0.29, 0.717) is 11.5 Å². The highest BCUT2D eigenvalue weighted by Crippen LogP contribution is 2.36. The summed E-state index contributed by atoms with van der Waals surface area (Å²) in [7, 11) is 0. The highest BCUT2D eigenvalue weighted by atomic mass is 32.1. The zero-order valence-corrected chi connectivity index (χ0v) is 11.3. The summed E-state index contributed by atoms with van der Waals surface area (Å²) >= 11 is 1.87. The summed E-state index contributed by atoms with van der Waals surface area (Å²) < 4.78 is 0. The second kappa shape index (κ2) is 5.33. The number of thiophene rings is 1. The number of nitrogens with one attached hydrogen (secondary N) is 1. The van der Waals surface area contributed by atoms with Crippen LogP contribution in [0.2, 0.25) is 0 Å². The molecular formula is C14H23NS. The van der Waals surface area contributed by atoms with Gasteiger partial charge in [-0.2, -0.15) is 0 Å². The highest BCUT2D eigenvalue weighted by Gasteiger charge is 2.28. The van der Waals surface area contributed by atoms with E-state index in [2.05, 4.69) is 36.7 Å². The SMILES string of the molecule is CC(Cc1cccs1)NCC1(C)CCCC1. The van der Waals surface area contributed by atoms with Crippen molar-refractivity contribution in [2.45, 2.75) is 52.0 Å². The van der Waals surface area contributed by atoms with Gasteiger partial charge in [0.15, 0.2) is 0 Å². The predicted octanol–water partition coefficient (Wildman–Crippen LogP) is 3.85. The maximum Gasteiger partial charge on any atom is 0.00872 e. The molecule has 1 aromatic heterocycles. The van der Waals surface area contributed by atoms with E-state index in [9.17, 15) is 0 Å². The fourth-order valence-corrected chi connectivity index (χ4v) is 3.46. The summed E-state index contributed by atoms with van der Waals surface area (Å²) in [5, 5.41) is 5.88. The van der Waals surface area contributed by atoms with Crippen molar-refractivity contribution in [1.82, 2.24) is 5.32 Å². The first-order valence-corrected chi connectivity index (χ1v) is 7.32. The second-order valence-corrected chi connectivity index (χ2v) is 6.62. The van der Waals surface area contributed by atoms with Gasteiger partial charge in [-0.05, 0) is 43.0 Å². The number of hydrogen-bond donors (Lipinski definition) is 1. The van der Waals surface area contributed by atoms with Gasteiger partial charge in [0.2, 0.25) is 0 Å². The van der Waals surface area contributed by atoms with Crippen molar-refractivity contribution in [1.29, 1.82) is 0 Å². The van der Waals surface area contributed by atoms with E-state index in [1.54, 1.807) is 0 Å². The molecule has 0 saturated heterocycles. The van der Waals surface area contributed by atoms with E-state index in [-0.39, 0.29) is 0 Å². The molecule has 0 spiro atoms. The first-order valence-electron chi connectivity index (χ1n) is 6.44. The summed E-state index contributed by atoms with van der Waals surface area (Å²) in [5.41, 5.74) is 0.573. The molecule has 1 saturated carbocycles. The van der Waals surface area contributed by atoms with Crippen LogP contribution in [0.15, 0.2) is 17.5 Å². The Hall–Kier alpha value is -0.340. The van der Waals surface area contributed by atoms with Crippen LogP contribution in [0.4, 0.5) is 0 Å². The number of hydrogen-bond acceptors (Lipinski definition) is 2. The third kappa shape index (κ3) is 3.33. The van der Waals surface area contributed by atoms with E-state index in [1.165, 1.54) is 43.5 Å². The third-order valence-corrected chi connectivity index (χ3v) is 4.67. The molecule has 1 aromatic rings. The standard InChI is InChI=1S/C14H23NS/c1-12(10-13-6-5-9-16-13)15-11-14(2)7-3-4-8-14/h5-6,9,12,15H,3-4,7-8,10-11H2,1-2H3. The summed E-state index contributed by atoms with van der Waals surface area (Å²) in [6, 6.07) is 4.99. The van der Waals surface area contributed by atoms with Gasteiger partial charge in [0.05, 0.1) is 0 Å². The van der Waals surface area contributed by atoms with Gasteiger partial charge in [-0.15, -0.1) is 11.3 Å². The lowest BCUT2D eigenvalue weighted by Gasteiger charge is -2.26. The summed E-state index contributed by atoms with van der Waals surface area (Å²) in [6.07, 6.45) is 6.85. The lowest BCUT2D eigenvalue weighted by molar-refractivity contribution is 0.300. The zero-order valence-electron chi connectivity index (χ0n) is 10.5. The van der Waals surface area contributed by atoms with Crippen LogP contribution in [0.3, 0.4) is 0 Å². The van der Waals surface area contributed by atoms with Gasteiger partial charge in [0.25, 0.3) is 0 Å². The predicted molar refractivity (Wildman–Crippen MR) is 72.1 cm³/mol. The molecule has 1 unspecified atom stereocenters. The van der Waals surface area contributed by atoms with Crippen molar-refractivity contribution in [2.24, 2.45) is 5.41 Å². The third-order valence-electron chi connectivity index (χ3n) is 3.78. The van der Waals surface area contributed by atoms with Gasteiger partial charge >= 0.3 is 0 Å². The monoisotopic (exact) mass is 237 g/mol. The van der Waals surface area contributed by atoms with Gasteiger partial charge in [-0.25, -0.2) is 0 Å². The average molecular weight is 237 g/mol. The Morgan fingerprint density at radius 1 is 1.44 bits per heavy atom. The lowest BCUT2D eigenvalue weighted by Crippen LogP contribution is -2.36. The van der Waals surface area contributed by atoms with Crippen LogP contribution in [0.1, 0.15) is 44.4 Å². The van der Waals surface area contributed by atoms with Crippen molar-refractivity contribution in [3.05, 3.63) is 22.4 Å². The van der Waals surface area contributed by atoms with E-state index in [4.69, 9.17) is 0 Å². The molecule has 16 heavy (non-hydrogen) atoms. The number of rotatable bonds is 5. The molecule has 1 N–H and O–H groups in total. The Morgan fingerprint density at radius 2 is 2.19 bits per heavy atom. The minimum Gasteiger partial charge on any atom is -0.313 e. The summed E-state index contributed by atoms with van der Waals surface area (Å²) in [6.45, 7) is 5.93. The quantitative estimate of drug-likeness (QED) is 0.820. The van der Waals surface area contributed by atoms with Crippen LogP contribution < -0.4 is 5.32 Å². The first-order chi connectivity index (χ1) is 7.68. The van der Waals surface area contributed by atoms with Gasteiger partial charge in [0, 0.05) is 17.5 Å². The molecule has 2 rings (SSSR count). The molecule has 0 bridgehead atoms. The molecule has 1 atom stereocenters. The first kappa shape index (κ1) is 12.1. The molecule has 1 nitrogen and oxygen atoms in total. The molecule has 0 aliphatic heterocycles. The fraction of sp³-hybridized carbons (Fsp3) is 0.714. The topological polar surface area (TPSA) is 12.0 Å². The molecule has 0 amide bonds. The van der Waals surface area contributed by atoms with Crippen LogP contribution >= 0.6 is 11.3 Å². The van der Waals surface area contributed by atoms with Gasteiger partial charge in [-0.1, -0.05) is 25.8 Å². The second-order valence-electron chi connectivity index (χ2n) is 5.58. The van der Waals surface area contributed by atoms with E-state index in [0.717, 1.165) is 0 Å². The van der Waals surface area contributed by atoms with Crippen molar-refractivity contribution in [3.63, 3.8) is 0 Å². The van der Waals surface area contributed by atoms with Crippen molar-refractivity contribution >= 4 is 11.3 Å². The Bertz CT molecular complexity index is 299. The Kier molecular flexibility index (Phi) is 4.04. The van der Waals surface area contributed by atoms with E-state index < -0.39 is 0 Å².